The molecule has 1 atom stereocenters. The maximum atomic E-state index is 10.8. The van der Waals surface area contributed by atoms with Crippen molar-refractivity contribution < 1.29 is 15.0 Å². The number of hydrogen-bond donors (Lipinski definition) is 2. The molecule has 0 amide bonds. The number of aliphatic hydroxyl groups is 1. The molecular formula is C15H22N2O3. The predicted molar refractivity (Wildman–Crippen MR) is 78.0 cm³/mol. The van der Waals surface area contributed by atoms with Crippen molar-refractivity contribution in [2.75, 3.05) is 31.1 Å². The Labute approximate surface area is 119 Å². The molecule has 1 aliphatic rings. The fourth-order valence-corrected chi connectivity index (χ4v) is 2.53. The summed E-state index contributed by atoms with van der Waals surface area (Å²) in [6, 6.07) is 7.72. The lowest BCUT2D eigenvalue weighted by molar-refractivity contribution is -0.146. The molecule has 0 spiro atoms. The number of carbonyl (C=O) groups is 1. The van der Waals surface area contributed by atoms with Crippen LogP contribution in [0, 0.1) is 0 Å². The van der Waals surface area contributed by atoms with E-state index in [1.807, 2.05) is 6.07 Å². The Morgan fingerprint density at radius 3 is 2.40 bits per heavy atom. The largest absolute Gasteiger partial charge is 0.479 e. The fourth-order valence-electron chi connectivity index (χ4n) is 2.53. The molecule has 5 heteroatoms. The van der Waals surface area contributed by atoms with Crippen molar-refractivity contribution in [3.63, 3.8) is 0 Å². The van der Waals surface area contributed by atoms with Crippen molar-refractivity contribution in [2.24, 2.45) is 0 Å². The van der Waals surface area contributed by atoms with Gasteiger partial charge in [0.2, 0.25) is 0 Å². The normalized spacial score (nSPS) is 18.3. The quantitative estimate of drug-likeness (QED) is 0.870. The van der Waals surface area contributed by atoms with Crippen molar-refractivity contribution in [3.05, 3.63) is 29.8 Å². The Bertz CT molecular complexity index is 468. The minimum atomic E-state index is -1.45. The average Bonchev–Trinajstić information content (AvgIpc) is 2.46. The van der Waals surface area contributed by atoms with Crippen LogP contribution in [0.4, 0.5) is 5.69 Å². The second-order valence-corrected chi connectivity index (χ2v) is 5.45. The zero-order valence-corrected chi connectivity index (χ0v) is 12.0. The molecule has 1 fully saturated rings. The van der Waals surface area contributed by atoms with Crippen LogP contribution in [-0.4, -0.2) is 53.3 Å². The number of benzene rings is 1. The predicted octanol–water partition coefficient (Wildman–Crippen LogP) is 1.33. The molecule has 5 nitrogen and oxygen atoms in total. The van der Waals surface area contributed by atoms with Gasteiger partial charge in [0, 0.05) is 37.9 Å². The first kappa shape index (κ1) is 14.8. The Hall–Kier alpha value is -1.59. The van der Waals surface area contributed by atoms with Crippen molar-refractivity contribution >= 4 is 11.7 Å². The second-order valence-electron chi connectivity index (χ2n) is 5.45. The molecule has 1 aromatic rings. The van der Waals surface area contributed by atoms with Crippen LogP contribution in [0.25, 0.3) is 0 Å². The van der Waals surface area contributed by atoms with Gasteiger partial charge in [-0.25, -0.2) is 4.79 Å². The average molecular weight is 278 g/mol. The molecule has 1 heterocycles. The maximum absolute atomic E-state index is 10.8. The van der Waals surface area contributed by atoms with Crippen LogP contribution in [-0.2, 0) is 4.79 Å². The van der Waals surface area contributed by atoms with Crippen LogP contribution in [0.1, 0.15) is 25.5 Å². The van der Waals surface area contributed by atoms with E-state index in [2.05, 4.69) is 23.6 Å². The lowest BCUT2D eigenvalue weighted by Crippen LogP contribution is -2.48. The highest BCUT2D eigenvalue weighted by atomic mass is 16.4. The Morgan fingerprint density at radius 2 is 1.85 bits per heavy atom. The van der Waals surface area contributed by atoms with Gasteiger partial charge in [-0.05, 0) is 31.5 Å². The lowest BCUT2D eigenvalue weighted by Gasteiger charge is -2.38. The summed E-state index contributed by atoms with van der Waals surface area (Å²) >= 11 is 0. The Kier molecular flexibility index (Phi) is 4.62. The van der Waals surface area contributed by atoms with E-state index in [1.165, 1.54) is 0 Å². The molecule has 0 aliphatic carbocycles. The standard InChI is InChI=1S/C15H22N2O3/c1-11(2)16-6-8-17(9-7-16)13-5-3-4-12(10-13)14(18)15(19)20/h3-5,10-11,14,18H,6-9H2,1-2H3,(H,19,20). The highest BCUT2D eigenvalue weighted by Crippen LogP contribution is 2.22. The number of hydrogen-bond acceptors (Lipinski definition) is 4. The second kappa shape index (κ2) is 6.24. The molecule has 0 bridgehead atoms. The van der Waals surface area contributed by atoms with Crippen molar-refractivity contribution in [1.82, 2.24) is 4.90 Å². The topological polar surface area (TPSA) is 64.0 Å². The molecule has 0 aromatic heterocycles. The van der Waals surface area contributed by atoms with Gasteiger partial charge in [0.05, 0.1) is 0 Å². The monoisotopic (exact) mass is 278 g/mol. The zero-order valence-electron chi connectivity index (χ0n) is 12.0. The number of carboxylic acids is 1. The third kappa shape index (κ3) is 3.29. The van der Waals surface area contributed by atoms with E-state index in [1.54, 1.807) is 18.2 Å². The fraction of sp³-hybridized carbons (Fsp3) is 0.533. The van der Waals surface area contributed by atoms with Gasteiger partial charge in [0.15, 0.2) is 6.10 Å². The first-order valence-corrected chi connectivity index (χ1v) is 6.99. The van der Waals surface area contributed by atoms with Gasteiger partial charge in [-0.3, -0.25) is 4.90 Å². The molecule has 0 saturated carbocycles. The molecule has 0 radical (unpaired) electrons. The summed E-state index contributed by atoms with van der Waals surface area (Å²) in [5.74, 6) is -1.22. The van der Waals surface area contributed by atoms with E-state index in [4.69, 9.17) is 5.11 Å². The Balaban J connectivity index is 2.07. The highest BCUT2D eigenvalue weighted by Gasteiger charge is 2.21. The molecule has 1 aliphatic heterocycles. The van der Waals surface area contributed by atoms with E-state index < -0.39 is 12.1 Å². The first-order valence-electron chi connectivity index (χ1n) is 6.99. The number of rotatable bonds is 4. The SMILES string of the molecule is CC(C)N1CCN(c2cccc(C(O)C(=O)O)c2)CC1. The smallest absolute Gasteiger partial charge is 0.337 e. The van der Waals surface area contributed by atoms with Crippen LogP contribution in [0.2, 0.25) is 0 Å². The summed E-state index contributed by atoms with van der Waals surface area (Å²) in [6.45, 7) is 8.24. The van der Waals surface area contributed by atoms with E-state index in [0.29, 0.717) is 11.6 Å². The number of aliphatic carboxylic acids is 1. The third-order valence-electron chi connectivity index (χ3n) is 3.83. The molecule has 2 N–H and O–H groups in total. The van der Waals surface area contributed by atoms with Gasteiger partial charge in [-0.15, -0.1) is 0 Å². The number of aliphatic hydroxyl groups excluding tert-OH is 1. The molecule has 1 unspecified atom stereocenters. The third-order valence-corrected chi connectivity index (χ3v) is 3.83. The van der Waals surface area contributed by atoms with Gasteiger partial charge in [-0.2, -0.15) is 0 Å². The van der Waals surface area contributed by atoms with E-state index >= 15 is 0 Å². The molecule has 1 saturated heterocycles. The van der Waals surface area contributed by atoms with E-state index in [0.717, 1.165) is 31.9 Å². The van der Waals surface area contributed by atoms with Gasteiger partial charge in [0.25, 0.3) is 0 Å². The molecule has 1 aromatic carbocycles. The minimum absolute atomic E-state index is 0.432. The van der Waals surface area contributed by atoms with Gasteiger partial charge in [-0.1, -0.05) is 12.1 Å². The summed E-state index contributed by atoms with van der Waals surface area (Å²) < 4.78 is 0. The van der Waals surface area contributed by atoms with E-state index in [9.17, 15) is 9.90 Å². The van der Waals surface area contributed by atoms with Crippen LogP contribution >= 0.6 is 0 Å². The number of nitrogens with zero attached hydrogens (tertiary/aromatic N) is 2. The lowest BCUT2D eigenvalue weighted by atomic mass is 10.1. The van der Waals surface area contributed by atoms with Gasteiger partial charge >= 0.3 is 5.97 Å². The van der Waals surface area contributed by atoms with Crippen LogP contribution in [0.5, 0.6) is 0 Å². The van der Waals surface area contributed by atoms with Gasteiger partial charge < -0.3 is 15.1 Å². The molecule has 20 heavy (non-hydrogen) atoms. The summed E-state index contributed by atoms with van der Waals surface area (Å²) in [5.41, 5.74) is 1.41. The number of anilines is 1. The van der Waals surface area contributed by atoms with Crippen molar-refractivity contribution in [2.45, 2.75) is 26.0 Å². The maximum Gasteiger partial charge on any atom is 0.337 e. The van der Waals surface area contributed by atoms with Gasteiger partial charge in [0.1, 0.15) is 0 Å². The summed E-state index contributed by atoms with van der Waals surface area (Å²) in [7, 11) is 0. The van der Waals surface area contributed by atoms with Crippen molar-refractivity contribution in [3.8, 4) is 0 Å². The highest BCUT2D eigenvalue weighted by molar-refractivity contribution is 5.74. The number of piperazine rings is 1. The molecule has 2 rings (SSSR count). The van der Waals surface area contributed by atoms with Crippen LogP contribution < -0.4 is 4.90 Å². The Morgan fingerprint density at radius 1 is 1.20 bits per heavy atom. The molecule has 110 valence electrons. The minimum Gasteiger partial charge on any atom is -0.479 e. The zero-order chi connectivity index (χ0) is 14.7. The number of carboxylic acid groups (broad SMARTS) is 1. The van der Waals surface area contributed by atoms with Crippen molar-refractivity contribution in [1.29, 1.82) is 0 Å². The summed E-state index contributed by atoms with van der Waals surface area (Å²) in [6.07, 6.45) is -1.45. The summed E-state index contributed by atoms with van der Waals surface area (Å²) in [4.78, 5) is 15.5. The van der Waals surface area contributed by atoms with E-state index in [-0.39, 0.29) is 0 Å². The molecular weight excluding hydrogens is 256 g/mol. The van der Waals surface area contributed by atoms with Crippen LogP contribution in [0.3, 0.4) is 0 Å². The first-order chi connectivity index (χ1) is 9.49. The van der Waals surface area contributed by atoms with Crippen LogP contribution in [0.15, 0.2) is 24.3 Å². The summed E-state index contributed by atoms with van der Waals surface area (Å²) in [5, 5.41) is 18.5.